The fraction of sp³-hybridized carbons (Fsp3) is 0.182. The van der Waals surface area contributed by atoms with Crippen molar-refractivity contribution in [2.75, 3.05) is 5.75 Å². The van der Waals surface area contributed by atoms with Crippen LogP contribution in [-0.2, 0) is 11.0 Å². The number of hydrogen-bond donors (Lipinski definition) is 1. The lowest BCUT2D eigenvalue weighted by molar-refractivity contribution is -0.141. The normalized spacial score (nSPS) is 11.4. The van der Waals surface area contributed by atoms with E-state index in [1.807, 2.05) is 0 Å². The zero-order chi connectivity index (χ0) is 15.5. The number of carboxylic acid groups (broad SMARTS) is 1. The van der Waals surface area contributed by atoms with Gasteiger partial charge in [-0.1, -0.05) is 11.8 Å². The number of halogens is 3. The van der Waals surface area contributed by atoms with Gasteiger partial charge >= 0.3 is 12.1 Å². The van der Waals surface area contributed by atoms with Gasteiger partial charge in [-0.05, 0) is 6.07 Å². The standard InChI is InChI=1S/C11H7F3N4O2S/c12-11(13,14)6-4-7(21-5-8(19)20)18-10(17-6)9-15-2-1-3-16-9/h1-4H,5H2,(H,19,20). The van der Waals surface area contributed by atoms with Gasteiger partial charge in [0.15, 0.2) is 11.6 Å². The molecule has 10 heteroatoms. The van der Waals surface area contributed by atoms with E-state index in [9.17, 15) is 18.0 Å². The Bertz CT molecular complexity index is 652. The van der Waals surface area contributed by atoms with Gasteiger partial charge in [0.2, 0.25) is 0 Å². The number of rotatable bonds is 4. The lowest BCUT2D eigenvalue weighted by atomic mass is 10.4. The van der Waals surface area contributed by atoms with Crippen LogP contribution in [0.15, 0.2) is 29.6 Å². The number of hydrogen-bond acceptors (Lipinski definition) is 6. The second-order valence-corrected chi connectivity index (χ2v) is 4.66. The molecule has 0 amide bonds. The Morgan fingerprint density at radius 2 is 1.86 bits per heavy atom. The topological polar surface area (TPSA) is 88.9 Å². The largest absolute Gasteiger partial charge is 0.481 e. The van der Waals surface area contributed by atoms with Crippen LogP contribution < -0.4 is 0 Å². The van der Waals surface area contributed by atoms with Crippen LogP contribution in [0.5, 0.6) is 0 Å². The van der Waals surface area contributed by atoms with Gasteiger partial charge in [0.1, 0.15) is 10.7 Å². The maximum absolute atomic E-state index is 12.8. The van der Waals surface area contributed by atoms with Crippen LogP contribution in [0.25, 0.3) is 11.6 Å². The third-order valence-electron chi connectivity index (χ3n) is 2.10. The van der Waals surface area contributed by atoms with Crippen molar-refractivity contribution in [2.45, 2.75) is 11.2 Å². The molecule has 110 valence electrons. The first-order valence-electron chi connectivity index (χ1n) is 5.44. The molecule has 0 saturated heterocycles. The van der Waals surface area contributed by atoms with Crippen LogP contribution in [0.3, 0.4) is 0 Å². The average Bonchev–Trinajstić information content (AvgIpc) is 2.45. The minimum atomic E-state index is -4.68. The molecule has 0 aliphatic heterocycles. The zero-order valence-corrected chi connectivity index (χ0v) is 11.0. The molecular weight excluding hydrogens is 309 g/mol. The first kappa shape index (κ1) is 15.2. The number of aliphatic carboxylic acids is 1. The molecule has 0 aliphatic rings. The molecule has 0 atom stereocenters. The van der Waals surface area contributed by atoms with E-state index >= 15 is 0 Å². The van der Waals surface area contributed by atoms with Crippen molar-refractivity contribution in [3.8, 4) is 11.6 Å². The van der Waals surface area contributed by atoms with E-state index in [4.69, 9.17) is 5.11 Å². The van der Waals surface area contributed by atoms with Crippen LogP contribution >= 0.6 is 11.8 Å². The molecule has 0 fully saturated rings. The summed E-state index contributed by atoms with van der Waals surface area (Å²) >= 11 is 0.661. The summed E-state index contributed by atoms with van der Waals surface area (Å²) < 4.78 is 38.4. The number of thioether (sulfide) groups is 1. The first-order valence-corrected chi connectivity index (χ1v) is 6.43. The second-order valence-electron chi connectivity index (χ2n) is 3.67. The van der Waals surface area contributed by atoms with Crippen LogP contribution in [0, 0.1) is 0 Å². The summed E-state index contributed by atoms with van der Waals surface area (Å²) in [6.07, 6.45) is -1.99. The van der Waals surface area contributed by atoms with Crippen molar-refractivity contribution in [3.05, 3.63) is 30.2 Å². The van der Waals surface area contributed by atoms with Gasteiger partial charge < -0.3 is 5.11 Å². The van der Waals surface area contributed by atoms with Gasteiger partial charge in [-0.3, -0.25) is 4.79 Å². The molecule has 0 bridgehead atoms. The molecule has 21 heavy (non-hydrogen) atoms. The molecule has 2 rings (SSSR count). The number of carbonyl (C=O) groups is 1. The molecule has 2 aromatic heterocycles. The summed E-state index contributed by atoms with van der Waals surface area (Å²) in [5.41, 5.74) is -1.17. The van der Waals surface area contributed by atoms with Crippen molar-refractivity contribution in [1.82, 2.24) is 19.9 Å². The summed E-state index contributed by atoms with van der Waals surface area (Å²) in [6, 6.07) is 2.19. The van der Waals surface area contributed by atoms with Crippen LogP contribution in [-0.4, -0.2) is 36.8 Å². The summed E-state index contributed by atoms with van der Waals surface area (Å²) in [5, 5.41) is 8.47. The van der Waals surface area contributed by atoms with Crippen LogP contribution in [0.2, 0.25) is 0 Å². The Hall–Kier alpha value is -2.23. The molecule has 0 unspecified atom stereocenters. The predicted octanol–water partition coefficient (Wildman–Crippen LogP) is 2.13. The number of carboxylic acids is 1. The maximum atomic E-state index is 12.8. The minimum Gasteiger partial charge on any atom is -0.481 e. The molecule has 0 aromatic carbocycles. The van der Waals surface area contributed by atoms with Crippen LogP contribution in [0.1, 0.15) is 5.69 Å². The summed E-state index contributed by atoms with van der Waals surface area (Å²) in [4.78, 5) is 25.3. The number of nitrogens with zero attached hydrogens (tertiary/aromatic N) is 4. The van der Waals surface area contributed by atoms with E-state index in [2.05, 4.69) is 19.9 Å². The molecule has 6 nitrogen and oxygen atoms in total. The van der Waals surface area contributed by atoms with E-state index < -0.39 is 23.6 Å². The molecule has 2 aromatic rings. The van der Waals surface area contributed by atoms with Crippen molar-refractivity contribution < 1.29 is 23.1 Å². The molecule has 0 radical (unpaired) electrons. The predicted molar refractivity (Wildman–Crippen MR) is 66.4 cm³/mol. The number of alkyl halides is 3. The van der Waals surface area contributed by atoms with E-state index in [1.165, 1.54) is 18.5 Å². The second kappa shape index (κ2) is 6.04. The summed E-state index contributed by atoms with van der Waals surface area (Å²) in [6.45, 7) is 0. The number of aromatic nitrogens is 4. The van der Waals surface area contributed by atoms with E-state index in [1.54, 1.807) is 0 Å². The zero-order valence-electron chi connectivity index (χ0n) is 10.2. The molecule has 0 spiro atoms. The molecule has 2 heterocycles. The average molecular weight is 316 g/mol. The van der Waals surface area contributed by atoms with Gasteiger partial charge in [0, 0.05) is 18.5 Å². The van der Waals surface area contributed by atoms with Crippen molar-refractivity contribution >= 4 is 17.7 Å². The Kier molecular flexibility index (Phi) is 4.36. The molecular formula is C11H7F3N4O2S. The molecule has 0 aliphatic carbocycles. The summed E-state index contributed by atoms with van der Waals surface area (Å²) in [5.74, 6) is -1.95. The van der Waals surface area contributed by atoms with Crippen molar-refractivity contribution in [1.29, 1.82) is 0 Å². The molecule has 0 saturated carbocycles. The minimum absolute atomic E-state index is 0.0687. The maximum Gasteiger partial charge on any atom is 0.433 e. The van der Waals surface area contributed by atoms with Crippen LogP contribution in [0.4, 0.5) is 13.2 Å². The van der Waals surface area contributed by atoms with E-state index in [-0.39, 0.29) is 16.7 Å². The quantitative estimate of drug-likeness (QED) is 0.682. The van der Waals surface area contributed by atoms with Crippen molar-refractivity contribution in [2.24, 2.45) is 0 Å². The molecule has 1 N–H and O–H groups in total. The van der Waals surface area contributed by atoms with E-state index in [0.29, 0.717) is 17.8 Å². The Labute approximate surface area is 120 Å². The van der Waals surface area contributed by atoms with Gasteiger partial charge in [0.05, 0.1) is 5.75 Å². The SMILES string of the molecule is O=C(O)CSc1cc(C(F)(F)F)nc(-c2ncccn2)n1. The fourth-order valence-electron chi connectivity index (χ4n) is 1.29. The van der Waals surface area contributed by atoms with Crippen molar-refractivity contribution in [3.63, 3.8) is 0 Å². The smallest absolute Gasteiger partial charge is 0.433 e. The monoisotopic (exact) mass is 316 g/mol. The Balaban J connectivity index is 2.45. The Morgan fingerprint density at radius 1 is 1.19 bits per heavy atom. The summed E-state index contributed by atoms with van der Waals surface area (Å²) in [7, 11) is 0. The first-order chi connectivity index (χ1) is 9.86. The van der Waals surface area contributed by atoms with Gasteiger partial charge in [-0.25, -0.2) is 19.9 Å². The van der Waals surface area contributed by atoms with E-state index in [0.717, 1.165) is 0 Å². The highest BCUT2D eigenvalue weighted by molar-refractivity contribution is 7.99. The van der Waals surface area contributed by atoms with Gasteiger partial charge in [-0.2, -0.15) is 13.2 Å². The lowest BCUT2D eigenvalue weighted by Gasteiger charge is -2.09. The van der Waals surface area contributed by atoms with Gasteiger partial charge in [0.25, 0.3) is 0 Å². The highest BCUT2D eigenvalue weighted by Crippen LogP contribution is 2.31. The fourth-order valence-corrected chi connectivity index (χ4v) is 1.91. The lowest BCUT2D eigenvalue weighted by Crippen LogP contribution is -2.11. The highest BCUT2D eigenvalue weighted by Gasteiger charge is 2.34. The third-order valence-corrected chi connectivity index (χ3v) is 3.00. The highest BCUT2D eigenvalue weighted by atomic mass is 32.2. The third kappa shape index (κ3) is 4.12. The van der Waals surface area contributed by atoms with Gasteiger partial charge in [-0.15, -0.1) is 0 Å². The Morgan fingerprint density at radius 3 is 2.43 bits per heavy atom.